The molecule has 1 aliphatic heterocycles. The summed E-state index contributed by atoms with van der Waals surface area (Å²) in [4.78, 5) is 13.2. The van der Waals surface area contributed by atoms with E-state index < -0.39 is 10.0 Å². The maximum Gasteiger partial charge on any atom is 0.248 e. The fraction of sp³-hybridized carbons (Fsp3) is 0.379. The zero-order chi connectivity index (χ0) is 28.0. The Balaban J connectivity index is 1.44. The average Bonchev–Trinajstić information content (AvgIpc) is 3.31. The summed E-state index contributed by atoms with van der Waals surface area (Å²) < 4.78 is 45.2. The van der Waals surface area contributed by atoms with Gasteiger partial charge in [-0.25, -0.2) is 8.42 Å². The Hall–Kier alpha value is -3.63. The first-order valence-electron chi connectivity index (χ1n) is 13.1. The second-order valence-corrected chi connectivity index (χ2v) is 11.3. The molecule has 9 nitrogen and oxygen atoms in total. The van der Waals surface area contributed by atoms with Crippen LogP contribution in [0.4, 0.5) is 5.69 Å². The predicted octanol–water partition coefficient (Wildman–Crippen LogP) is 5.30. The highest BCUT2D eigenvalue weighted by Gasteiger charge is 2.36. The molecule has 1 fully saturated rings. The number of carbonyl (C=O) groups excluding carboxylic acids is 1. The molecule has 0 saturated carbocycles. The second-order valence-electron chi connectivity index (χ2n) is 9.40. The lowest BCUT2D eigenvalue weighted by Gasteiger charge is -2.30. The molecule has 1 amide bonds. The van der Waals surface area contributed by atoms with Crippen molar-refractivity contribution in [3.05, 3.63) is 65.0 Å². The summed E-state index contributed by atoms with van der Waals surface area (Å²) in [6.07, 6.45) is 4.20. The van der Waals surface area contributed by atoms with Gasteiger partial charge >= 0.3 is 0 Å². The fourth-order valence-electron chi connectivity index (χ4n) is 4.52. The molecular formula is C29H35N3O6S. The molecule has 4 rings (SSSR count). The number of piperidine rings is 1. The number of benzene rings is 2. The van der Waals surface area contributed by atoms with Crippen LogP contribution in [0.1, 0.15) is 49.3 Å². The van der Waals surface area contributed by atoms with Crippen molar-refractivity contribution in [2.45, 2.75) is 45.4 Å². The minimum Gasteiger partial charge on any atom is -0.494 e. The molecule has 0 bridgehead atoms. The molecule has 0 unspecified atom stereocenters. The third-order valence-corrected chi connectivity index (χ3v) is 8.64. The van der Waals surface area contributed by atoms with Crippen LogP contribution in [0.25, 0.3) is 12.2 Å². The number of aromatic nitrogens is 1. The monoisotopic (exact) mass is 553 g/mol. The van der Waals surface area contributed by atoms with Gasteiger partial charge in [-0.1, -0.05) is 41.1 Å². The van der Waals surface area contributed by atoms with Crippen molar-refractivity contribution in [2.75, 3.05) is 31.6 Å². The van der Waals surface area contributed by atoms with Gasteiger partial charge in [-0.15, -0.1) is 0 Å². The van der Waals surface area contributed by atoms with Gasteiger partial charge in [0.15, 0.2) is 10.7 Å². The lowest BCUT2D eigenvalue weighted by Crippen LogP contribution is -2.41. The molecule has 1 aromatic heterocycles. The smallest absolute Gasteiger partial charge is 0.248 e. The summed E-state index contributed by atoms with van der Waals surface area (Å²) in [6, 6.07) is 13.2. The molecule has 3 aromatic rings. The lowest BCUT2D eigenvalue weighted by molar-refractivity contribution is -0.120. The molecule has 208 valence electrons. The minimum atomic E-state index is -3.87. The number of nitrogens with one attached hydrogen (secondary N) is 1. The quantitative estimate of drug-likeness (QED) is 0.363. The molecule has 2 heterocycles. The summed E-state index contributed by atoms with van der Waals surface area (Å²) in [5.41, 5.74) is 2.89. The van der Waals surface area contributed by atoms with Gasteiger partial charge in [-0.3, -0.25) is 4.79 Å². The van der Waals surface area contributed by atoms with E-state index in [9.17, 15) is 13.2 Å². The van der Waals surface area contributed by atoms with Gasteiger partial charge in [0.05, 0.1) is 18.9 Å². The largest absolute Gasteiger partial charge is 0.494 e. The second kappa shape index (κ2) is 12.5. The van der Waals surface area contributed by atoms with Gasteiger partial charge in [0.1, 0.15) is 17.2 Å². The van der Waals surface area contributed by atoms with Crippen molar-refractivity contribution in [1.82, 2.24) is 9.46 Å². The maximum atomic E-state index is 13.6. The van der Waals surface area contributed by atoms with Crippen LogP contribution < -0.4 is 14.8 Å². The van der Waals surface area contributed by atoms with E-state index in [1.165, 1.54) is 4.31 Å². The molecule has 39 heavy (non-hydrogen) atoms. The van der Waals surface area contributed by atoms with Crippen molar-refractivity contribution in [3.63, 3.8) is 0 Å². The van der Waals surface area contributed by atoms with E-state index in [1.54, 1.807) is 37.3 Å². The number of aryl methyl sites for hydroxylation is 2. The highest BCUT2D eigenvalue weighted by molar-refractivity contribution is 7.89. The van der Waals surface area contributed by atoms with E-state index in [2.05, 4.69) is 10.5 Å². The maximum absolute atomic E-state index is 13.6. The summed E-state index contributed by atoms with van der Waals surface area (Å²) in [7, 11) is -3.87. The standard InChI is InChI=1S/C29H35N3O6S/c1-5-36-24-12-14-26(37-6-2)25(19-24)30-29(33)23-15-17-32(18-16-23)39(34,35)28-21(4)31-38-27(28)13-11-22-9-7-20(3)8-10-22/h7-14,19,23H,5-6,15-18H2,1-4H3,(H,30,33)/b13-11+. The van der Waals surface area contributed by atoms with Crippen LogP contribution in [0, 0.1) is 19.8 Å². The number of nitrogens with zero attached hydrogens (tertiary/aromatic N) is 2. The molecule has 0 spiro atoms. The van der Waals surface area contributed by atoms with E-state index in [0.717, 1.165) is 11.1 Å². The normalized spacial score (nSPS) is 15.0. The Bertz CT molecular complexity index is 1420. The third kappa shape index (κ3) is 6.69. The molecule has 1 N–H and O–H groups in total. The summed E-state index contributed by atoms with van der Waals surface area (Å²) in [5, 5.41) is 6.87. The minimum absolute atomic E-state index is 0.0582. The van der Waals surface area contributed by atoms with Crippen molar-refractivity contribution >= 4 is 33.8 Å². The van der Waals surface area contributed by atoms with E-state index in [4.69, 9.17) is 14.0 Å². The predicted molar refractivity (Wildman–Crippen MR) is 150 cm³/mol. The number of sulfonamides is 1. The Kier molecular flexibility index (Phi) is 9.08. The first kappa shape index (κ1) is 28.4. The SMILES string of the molecule is CCOc1ccc(OCC)c(NC(=O)C2CCN(S(=O)(=O)c3c(C)noc3/C=C/c3ccc(C)cc3)CC2)c1. The van der Waals surface area contributed by atoms with Gasteiger partial charge in [0, 0.05) is 25.1 Å². The third-order valence-electron chi connectivity index (χ3n) is 6.58. The van der Waals surface area contributed by atoms with Gasteiger partial charge < -0.3 is 19.3 Å². The van der Waals surface area contributed by atoms with Gasteiger partial charge in [-0.05, 0) is 64.3 Å². The van der Waals surface area contributed by atoms with Crippen LogP contribution in [0.15, 0.2) is 51.9 Å². The number of carbonyl (C=O) groups is 1. The van der Waals surface area contributed by atoms with E-state index in [0.29, 0.717) is 48.9 Å². The lowest BCUT2D eigenvalue weighted by atomic mass is 9.97. The first-order valence-corrected chi connectivity index (χ1v) is 14.6. The van der Waals surface area contributed by atoms with Crippen molar-refractivity contribution in [2.24, 2.45) is 5.92 Å². The first-order chi connectivity index (χ1) is 18.7. The van der Waals surface area contributed by atoms with Crippen LogP contribution in [-0.2, 0) is 14.8 Å². The van der Waals surface area contributed by atoms with Gasteiger partial charge in [0.25, 0.3) is 0 Å². The van der Waals surface area contributed by atoms with Crippen LogP contribution in [0.3, 0.4) is 0 Å². The number of hydrogen-bond donors (Lipinski definition) is 1. The van der Waals surface area contributed by atoms with Crippen LogP contribution in [0.5, 0.6) is 11.5 Å². The molecule has 0 atom stereocenters. The highest BCUT2D eigenvalue weighted by atomic mass is 32.2. The van der Waals surface area contributed by atoms with E-state index >= 15 is 0 Å². The van der Waals surface area contributed by atoms with Crippen LogP contribution in [-0.4, -0.2) is 50.1 Å². The van der Waals surface area contributed by atoms with Crippen molar-refractivity contribution in [1.29, 1.82) is 0 Å². The Labute approximate surface area is 229 Å². The molecule has 1 saturated heterocycles. The number of ether oxygens (including phenoxy) is 2. The van der Waals surface area contributed by atoms with Gasteiger partial charge in [0.2, 0.25) is 15.9 Å². The molecule has 1 aliphatic rings. The van der Waals surface area contributed by atoms with Crippen LogP contribution >= 0.6 is 0 Å². The number of anilines is 1. The number of amides is 1. The topological polar surface area (TPSA) is 111 Å². The zero-order valence-corrected chi connectivity index (χ0v) is 23.6. The summed E-state index contributed by atoms with van der Waals surface area (Å²) in [5.74, 6) is 0.859. The number of hydrogen-bond acceptors (Lipinski definition) is 7. The average molecular weight is 554 g/mol. The highest BCUT2D eigenvalue weighted by Crippen LogP contribution is 2.32. The van der Waals surface area contributed by atoms with Gasteiger partial charge in [-0.2, -0.15) is 4.31 Å². The van der Waals surface area contributed by atoms with Crippen molar-refractivity contribution < 1.29 is 27.2 Å². The van der Waals surface area contributed by atoms with E-state index in [1.807, 2.05) is 45.0 Å². The van der Waals surface area contributed by atoms with Crippen molar-refractivity contribution in [3.8, 4) is 11.5 Å². The summed E-state index contributed by atoms with van der Waals surface area (Å²) in [6.45, 7) is 8.77. The fourth-order valence-corrected chi connectivity index (χ4v) is 6.23. The Morgan fingerprint density at radius 2 is 1.74 bits per heavy atom. The molecule has 2 aromatic carbocycles. The molecule has 0 radical (unpaired) electrons. The molecular weight excluding hydrogens is 518 g/mol. The Morgan fingerprint density at radius 3 is 2.41 bits per heavy atom. The zero-order valence-electron chi connectivity index (χ0n) is 22.8. The van der Waals surface area contributed by atoms with E-state index in [-0.39, 0.29) is 35.6 Å². The molecule has 0 aliphatic carbocycles. The Morgan fingerprint density at radius 1 is 1.05 bits per heavy atom. The molecule has 10 heteroatoms. The number of rotatable bonds is 10. The summed E-state index contributed by atoms with van der Waals surface area (Å²) >= 11 is 0. The van der Waals surface area contributed by atoms with Crippen LogP contribution in [0.2, 0.25) is 0 Å².